The molecular formula is C31H56Cl2N4O6. The average Bonchev–Trinajstić information content (AvgIpc) is 2.96. The number of morpholine rings is 1. The molecule has 0 saturated carbocycles. The van der Waals surface area contributed by atoms with Crippen LogP contribution in [-0.2, 0) is 14.3 Å². The molecule has 1 heterocycles. The molecule has 0 radical (unpaired) electrons. The van der Waals surface area contributed by atoms with Crippen molar-refractivity contribution in [1.29, 1.82) is 0 Å². The van der Waals surface area contributed by atoms with Crippen LogP contribution in [0.4, 0.5) is 0 Å². The molecule has 1 aromatic carbocycles. The van der Waals surface area contributed by atoms with Gasteiger partial charge >= 0.3 is 0 Å². The highest BCUT2D eigenvalue weighted by Gasteiger charge is 2.30. The zero-order chi connectivity index (χ0) is 30.2. The summed E-state index contributed by atoms with van der Waals surface area (Å²) in [7, 11) is 1.64. The van der Waals surface area contributed by atoms with E-state index in [1.807, 2.05) is 26.0 Å². The minimum absolute atomic E-state index is 0. The first-order valence-electron chi connectivity index (χ1n) is 15.1. The van der Waals surface area contributed by atoms with E-state index in [1.54, 1.807) is 19.2 Å². The van der Waals surface area contributed by atoms with Crippen molar-refractivity contribution >= 4 is 36.6 Å². The second kappa shape index (κ2) is 22.8. The Hall–Kier alpha value is -1.66. The Labute approximate surface area is 271 Å². The monoisotopic (exact) mass is 650 g/mol. The second-order valence-corrected chi connectivity index (χ2v) is 11.7. The molecule has 10 nitrogen and oxygen atoms in total. The van der Waals surface area contributed by atoms with Crippen molar-refractivity contribution in [1.82, 2.24) is 15.5 Å². The third-order valence-electron chi connectivity index (χ3n) is 7.89. The number of hydrogen-bond acceptors (Lipinski definition) is 8. The Balaban J connectivity index is 0.00000882. The lowest BCUT2D eigenvalue weighted by atomic mass is 9.83. The number of carbonyl (C=O) groups is 2. The molecule has 1 aliphatic heterocycles. The Morgan fingerprint density at radius 3 is 2.33 bits per heavy atom. The van der Waals surface area contributed by atoms with E-state index in [0.717, 1.165) is 39.3 Å². The van der Waals surface area contributed by atoms with Crippen molar-refractivity contribution in [3.8, 4) is 5.75 Å². The number of ether oxygens (including phenoxy) is 3. The number of benzene rings is 1. The predicted molar refractivity (Wildman–Crippen MR) is 175 cm³/mol. The fraction of sp³-hybridized carbons (Fsp3) is 0.742. The number of halogens is 2. The molecule has 43 heavy (non-hydrogen) atoms. The molecule has 1 fully saturated rings. The lowest BCUT2D eigenvalue weighted by Gasteiger charge is -2.30. The van der Waals surface area contributed by atoms with E-state index in [2.05, 4.69) is 29.4 Å². The molecule has 5 N–H and O–H groups in total. The van der Waals surface area contributed by atoms with Crippen LogP contribution >= 0.6 is 24.8 Å². The van der Waals surface area contributed by atoms with Gasteiger partial charge in [0, 0.05) is 64.8 Å². The van der Waals surface area contributed by atoms with E-state index in [1.165, 1.54) is 0 Å². The van der Waals surface area contributed by atoms with E-state index in [9.17, 15) is 14.7 Å². The van der Waals surface area contributed by atoms with Gasteiger partial charge in [-0.25, -0.2) is 0 Å². The first kappa shape index (κ1) is 41.3. The number of methoxy groups -OCH3 is 1. The van der Waals surface area contributed by atoms with E-state index >= 15 is 0 Å². The van der Waals surface area contributed by atoms with Gasteiger partial charge in [0.25, 0.3) is 5.91 Å². The van der Waals surface area contributed by atoms with Crippen LogP contribution in [0.15, 0.2) is 24.3 Å². The minimum Gasteiger partial charge on any atom is -0.493 e. The van der Waals surface area contributed by atoms with Crippen molar-refractivity contribution < 1.29 is 28.9 Å². The van der Waals surface area contributed by atoms with Crippen molar-refractivity contribution in [2.75, 3.05) is 66.3 Å². The van der Waals surface area contributed by atoms with E-state index in [0.29, 0.717) is 50.5 Å². The molecule has 0 spiro atoms. The highest BCUT2D eigenvalue weighted by molar-refractivity contribution is 5.96. The van der Waals surface area contributed by atoms with E-state index < -0.39 is 12.1 Å². The molecule has 4 atom stereocenters. The van der Waals surface area contributed by atoms with Crippen LogP contribution in [0, 0.1) is 23.7 Å². The van der Waals surface area contributed by atoms with Crippen LogP contribution < -0.4 is 21.1 Å². The standard InChI is InChI=1S/C31H54N4O6.2ClH/c1-22(2)24(21-34-30(37)25-9-6-7-10-29(25)41-16-8-15-39-5)19-27(32)28(36)20-26(23(3)4)31(38)33-11-12-35-13-17-40-18-14-35;;/h6-7,9-10,22-24,26-28,36H,8,11-21,32H2,1-5H3,(H,33,38)(H,34,37);2*1H/t24-,26+,27+,28+;;/m1../s1. The van der Waals surface area contributed by atoms with Crippen molar-refractivity contribution in [3.63, 3.8) is 0 Å². The number of nitrogens with zero attached hydrogens (tertiary/aromatic N) is 1. The van der Waals surface area contributed by atoms with Gasteiger partial charge in [0.1, 0.15) is 5.75 Å². The highest BCUT2D eigenvalue weighted by Crippen LogP contribution is 2.24. The normalized spacial score (nSPS) is 16.4. The largest absolute Gasteiger partial charge is 0.493 e. The predicted octanol–water partition coefficient (Wildman–Crippen LogP) is 3.14. The number of carbonyl (C=O) groups excluding carboxylic acids is 2. The van der Waals surface area contributed by atoms with Crippen molar-refractivity contribution in [3.05, 3.63) is 29.8 Å². The molecule has 2 amide bonds. The van der Waals surface area contributed by atoms with Gasteiger partial charge < -0.3 is 35.7 Å². The molecule has 0 unspecified atom stereocenters. The van der Waals surface area contributed by atoms with Crippen molar-refractivity contribution in [2.45, 2.75) is 59.1 Å². The highest BCUT2D eigenvalue weighted by atomic mass is 35.5. The summed E-state index contributed by atoms with van der Waals surface area (Å²) in [5, 5.41) is 17.1. The molecule has 0 bridgehead atoms. The smallest absolute Gasteiger partial charge is 0.255 e. The SMILES string of the molecule is COCCCOc1ccccc1C(=O)NC[C@@H](C[C@H](N)[C@@H](O)C[C@H](C(=O)NCCN1CCOCC1)C(C)C)C(C)C.Cl.Cl. The molecule has 1 aliphatic rings. The van der Waals surface area contributed by atoms with Gasteiger partial charge in [-0.05, 0) is 42.7 Å². The quantitative estimate of drug-likeness (QED) is 0.168. The minimum atomic E-state index is -0.828. The molecule has 0 aliphatic carbocycles. The number of amides is 2. The number of para-hydroxylation sites is 1. The topological polar surface area (TPSA) is 135 Å². The number of nitrogens with one attached hydrogen (secondary N) is 2. The maximum Gasteiger partial charge on any atom is 0.255 e. The van der Waals surface area contributed by atoms with Crippen LogP contribution in [0.3, 0.4) is 0 Å². The van der Waals surface area contributed by atoms with Crippen molar-refractivity contribution in [2.24, 2.45) is 29.4 Å². The first-order valence-corrected chi connectivity index (χ1v) is 15.1. The Bertz CT molecular complexity index is 905. The van der Waals surface area contributed by atoms with Gasteiger partial charge in [0.15, 0.2) is 0 Å². The van der Waals surface area contributed by atoms with E-state index in [-0.39, 0.29) is 60.3 Å². The fourth-order valence-corrected chi connectivity index (χ4v) is 4.99. The maximum atomic E-state index is 13.0. The molecule has 12 heteroatoms. The van der Waals surface area contributed by atoms with Gasteiger partial charge in [-0.15, -0.1) is 24.8 Å². The van der Waals surface area contributed by atoms with Crippen LogP contribution in [0.2, 0.25) is 0 Å². The summed E-state index contributed by atoms with van der Waals surface area (Å²) in [4.78, 5) is 28.3. The zero-order valence-corrected chi connectivity index (χ0v) is 28.2. The zero-order valence-electron chi connectivity index (χ0n) is 26.6. The second-order valence-electron chi connectivity index (χ2n) is 11.7. The van der Waals surface area contributed by atoms with Gasteiger partial charge in [-0.2, -0.15) is 0 Å². The fourth-order valence-electron chi connectivity index (χ4n) is 4.99. The van der Waals surface area contributed by atoms with Crippen LogP contribution in [0.1, 0.15) is 57.3 Å². The maximum absolute atomic E-state index is 13.0. The number of aliphatic hydroxyl groups excluding tert-OH is 1. The average molecular weight is 652 g/mol. The summed E-state index contributed by atoms with van der Waals surface area (Å²) in [6, 6.07) is 6.68. The summed E-state index contributed by atoms with van der Waals surface area (Å²) in [6.07, 6.45) is 0.728. The van der Waals surface area contributed by atoms with Gasteiger partial charge in [0.05, 0.1) is 31.5 Å². The van der Waals surface area contributed by atoms with E-state index in [4.69, 9.17) is 19.9 Å². The lowest BCUT2D eigenvalue weighted by Crippen LogP contribution is -2.45. The van der Waals surface area contributed by atoms with Gasteiger partial charge in [-0.1, -0.05) is 39.8 Å². The lowest BCUT2D eigenvalue weighted by molar-refractivity contribution is -0.127. The van der Waals surface area contributed by atoms with Crippen LogP contribution in [-0.4, -0.2) is 100 Å². The number of nitrogens with two attached hydrogens (primary N) is 1. The summed E-state index contributed by atoms with van der Waals surface area (Å²) >= 11 is 0. The van der Waals surface area contributed by atoms with Gasteiger partial charge in [-0.3, -0.25) is 14.5 Å². The Morgan fingerprint density at radius 1 is 1.02 bits per heavy atom. The number of rotatable bonds is 19. The molecule has 250 valence electrons. The summed E-state index contributed by atoms with van der Waals surface area (Å²) in [5.41, 5.74) is 6.96. The molecule has 1 saturated heterocycles. The summed E-state index contributed by atoms with van der Waals surface area (Å²) in [5.74, 6) is 0.306. The summed E-state index contributed by atoms with van der Waals surface area (Å²) in [6.45, 7) is 14.2. The third-order valence-corrected chi connectivity index (χ3v) is 7.89. The first-order chi connectivity index (χ1) is 19.6. The molecule has 2 rings (SSSR count). The van der Waals surface area contributed by atoms with Crippen LogP contribution in [0.5, 0.6) is 5.75 Å². The number of hydrogen-bond donors (Lipinski definition) is 4. The van der Waals surface area contributed by atoms with Crippen LogP contribution in [0.25, 0.3) is 0 Å². The molecule has 1 aromatic rings. The Kier molecular flexibility index (Phi) is 21.9. The molecule has 0 aromatic heterocycles. The third kappa shape index (κ3) is 15.3. The van der Waals surface area contributed by atoms with Gasteiger partial charge in [0.2, 0.25) is 5.91 Å². The summed E-state index contributed by atoms with van der Waals surface area (Å²) < 4.78 is 16.2. The Morgan fingerprint density at radius 2 is 1.70 bits per heavy atom. The number of aliphatic hydroxyl groups is 1. The molecular weight excluding hydrogens is 595 g/mol.